The summed E-state index contributed by atoms with van der Waals surface area (Å²) < 4.78 is 1.86. The van der Waals surface area contributed by atoms with Crippen molar-refractivity contribution in [3.8, 4) is 0 Å². The van der Waals surface area contributed by atoms with Crippen LogP contribution in [0.15, 0.2) is 42.7 Å². The van der Waals surface area contributed by atoms with E-state index in [9.17, 15) is 9.59 Å². The molecule has 0 aliphatic carbocycles. The quantitative estimate of drug-likeness (QED) is 0.899. The highest BCUT2D eigenvalue weighted by Crippen LogP contribution is 2.23. The molecule has 0 saturated carbocycles. The summed E-state index contributed by atoms with van der Waals surface area (Å²) in [5, 5.41) is 7.19. The average Bonchev–Trinajstić information content (AvgIpc) is 3.11. The summed E-state index contributed by atoms with van der Waals surface area (Å²) in [7, 11) is 0. The fourth-order valence-corrected chi connectivity index (χ4v) is 3.27. The van der Waals surface area contributed by atoms with E-state index in [-0.39, 0.29) is 17.7 Å². The molecule has 1 aliphatic heterocycles. The van der Waals surface area contributed by atoms with Crippen LogP contribution < -0.4 is 5.32 Å². The molecule has 6 nitrogen and oxygen atoms in total. The van der Waals surface area contributed by atoms with E-state index < -0.39 is 6.04 Å². The Kier molecular flexibility index (Phi) is 5.16. The molecule has 3 rings (SSSR count). The Morgan fingerprint density at radius 3 is 2.72 bits per heavy atom. The second-order valence-corrected chi connectivity index (χ2v) is 6.71. The molecule has 132 valence electrons. The number of hydrogen-bond donors (Lipinski definition) is 1. The molecular weight excluding hydrogens is 316 g/mol. The van der Waals surface area contributed by atoms with Crippen molar-refractivity contribution in [1.29, 1.82) is 0 Å². The van der Waals surface area contributed by atoms with Crippen LogP contribution >= 0.6 is 0 Å². The Balaban J connectivity index is 1.62. The van der Waals surface area contributed by atoms with Crippen LogP contribution in [0.5, 0.6) is 0 Å². The van der Waals surface area contributed by atoms with Crippen LogP contribution in [0.4, 0.5) is 0 Å². The molecule has 2 amide bonds. The summed E-state index contributed by atoms with van der Waals surface area (Å²) in [5.74, 6) is 0.0989. The molecule has 0 bridgehead atoms. The highest BCUT2D eigenvalue weighted by atomic mass is 16.2. The first-order valence-corrected chi connectivity index (χ1v) is 8.63. The summed E-state index contributed by atoms with van der Waals surface area (Å²) in [6.45, 7) is 5.39. The van der Waals surface area contributed by atoms with E-state index in [4.69, 9.17) is 0 Å². The Hall–Kier alpha value is -2.63. The van der Waals surface area contributed by atoms with Crippen LogP contribution in [0, 0.1) is 5.92 Å². The molecule has 2 heterocycles. The second kappa shape index (κ2) is 7.51. The summed E-state index contributed by atoms with van der Waals surface area (Å²) in [6.07, 6.45) is 4.22. The zero-order valence-corrected chi connectivity index (χ0v) is 14.7. The smallest absolute Gasteiger partial charge is 0.243 e. The van der Waals surface area contributed by atoms with Gasteiger partial charge in [-0.15, -0.1) is 0 Å². The van der Waals surface area contributed by atoms with E-state index >= 15 is 0 Å². The first-order valence-electron chi connectivity index (χ1n) is 8.63. The first-order chi connectivity index (χ1) is 12.0. The number of nitrogens with zero attached hydrogens (tertiary/aromatic N) is 3. The summed E-state index contributed by atoms with van der Waals surface area (Å²) in [6, 6.07) is 9.44. The Labute approximate surface area is 147 Å². The van der Waals surface area contributed by atoms with Gasteiger partial charge in [-0.2, -0.15) is 5.10 Å². The third kappa shape index (κ3) is 4.07. The van der Waals surface area contributed by atoms with Crippen molar-refractivity contribution in [2.24, 2.45) is 5.92 Å². The second-order valence-electron chi connectivity index (χ2n) is 6.71. The van der Waals surface area contributed by atoms with Crippen molar-refractivity contribution < 1.29 is 9.59 Å². The molecule has 2 atom stereocenters. The van der Waals surface area contributed by atoms with E-state index in [2.05, 4.69) is 17.3 Å². The Morgan fingerprint density at radius 2 is 2.04 bits per heavy atom. The summed E-state index contributed by atoms with van der Waals surface area (Å²) in [5.41, 5.74) is 2.26. The predicted molar refractivity (Wildman–Crippen MR) is 94.6 cm³/mol. The molecular formula is C19H24N4O2. The van der Waals surface area contributed by atoms with Gasteiger partial charge < -0.3 is 10.2 Å². The highest BCUT2D eigenvalue weighted by molar-refractivity contribution is 5.87. The lowest BCUT2D eigenvalue weighted by atomic mass is 9.93. The van der Waals surface area contributed by atoms with Crippen molar-refractivity contribution in [1.82, 2.24) is 20.0 Å². The number of aromatic nitrogens is 2. The van der Waals surface area contributed by atoms with Gasteiger partial charge in [-0.05, 0) is 23.1 Å². The minimum Gasteiger partial charge on any atom is -0.354 e. The van der Waals surface area contributed by atoms with Gasteiger partial charge in [0, 0.05) is 45.4 Å². The number of carbonyl (C=O) groups is 2. The highest BCUT2D eigenvalue weighted by Gasteiger charge is 2.32. The molecule has 1 aromatic heterocycles. The topological polar surface area (TPSA) is 67.2 Å². The van der Waals surface area contributed by atoms with Crippen LogP contribution in [0.25, 0.3) is 0 Å². The number of amides is 2. The van der Waals surface area contributed by atoms with Crippen LogP contribution in [-0.2, 0) is 29.1 Å². The van der Waals surface area contributed by atoms with E-state index in [1.807, 2.05) is 41.2 Å². The fraction of sp³-hybridized carbons (Fsp3) is 0.421. The zero-order chi connectivity index (χ0) is 17.8. The van der Waals surface area contributed by atoms with Gasteiger partial charge in [0.25, 0.3) is 0 Å². The van der Waals surface area contributed by atoms with Gasteiger partial charge in [0.2, 0.25) is 11.8 Å². The molecule has 1 N–H and O–H groups in total. The van der Waals surface area contributed by atoms with Gasteiger partial charge in [-0.3, -0.25) is 14.3 Å². The van der Waals surface area contributed by atoms with Crippen molar-refractivity contribution in [3.05, 3.63) is 53.9 Å². The van der Waals surface area contributed by atoms with Gasteiger partial charge >= 0.3 is 0 Å². The van der Waals surface area contributed by atoms with E-state index in [0.29, 0.717) is 19.5 Å². The minimum atomic E-state index is -0.440. The fourth-order valence-electron chi connectivity index (χ4n) is 3.27. The SMILES string of the molecule is CC(=O)N1Cc2ccccc2C[C@H]1C(=O)NC[C@@H](C)Cn1cccn1. The zero-order valence-electron chi connectivity index (χ0n) is 14.7. The lowest BCUT2D eigenvalue weighted by Gasteiger charge is -2.35. The average molecular weight is 340 g/mol. The monoisotopic (exact) mass is 340 g/mol. The number of fused-ring (bicyclic) bond motifs is 1. The summed E-state index contributed by atoms with van der Waals surface area (Å²) in [4.78, 5) is 26.4. The molecule has 0 spiro atoms. The number of benzene rings is 1. The van der Waals surface area contributed by atoms with Gasteiger partial charge in [0.15, 0.2) is 0 Å². The van der Waals surface area contributed by atoms with Gasteiger partial charge in [-0.1, -0.05) is 31.2 Å². The molecule has 0 radical (unpaired) electrons. The maximum atomic E-state index is 12.7. The van der Waals surface area contributed by atoms with Gasteiger partial charge in [0.05, 0.1) is 0 Å². The van der Waals surface area contributed by atoms with Crippen molar-refractivity contribution in [2.75, 3.05) is 6.54 Å². The molecule has 1 aliphatic rings. The summed E-state index contributed by atoms with van der Waals surface area (Å²) >= 11 is 0. The molecule has 0 unspecified atom stereocenters. The van der Waals surface area contributed by atoms with Crippen LogP contribution in [0.3, 0.4) is 0 Å². The Bertz CT molecular complexity index is 742. The maximum Gasteiger partial charge on any atom is 0.243 e. The molecule has 25 heavy (non-hydrogen) atoms. The number of rotatable bonds is 5. The normalized spacial score (nSPS) is 17.7. The third-order valence-electron chi connectivity index (χ3n) is 4.64. The minimum absolute atomic E-state index is 0.0701. The molecule has 1 aromatic carbocycles. The third-order valence-corrected chi connectivity index (χ3v) is 4.64. The molecule has 0 saturated heterocycles. The predicted octanol–water partition coefficient (Wildman–Crippen LogP) is 1.61. The van der Waals surface area contributed by atoms with Crippen molar-refractivity contribution in [2.45, 2.75) is 39.4 Å². The lowest BCUT2D eigenvalue weighted by molar-refractivity contribution is -0.140. The van der Waals surface area contributed by atoms with Crippen LogP contribution in [0.1, 0.15) is 25.0 Å². The van der Waals surface area contributed by atoms with E-state index in [1.54, 1.807) is 11.1 Å². The lowest BCUT2D eigenvalue weighted by Crippen LogP contribution is -2.52. The van der Waals surface area contributed by atoms with E-state index in [0.717, 1.165) is 17.7 Å². The van der Waals surface area contributed by atoms with Crippen LogP contribution in [0.2, 0.25) is 0 Å². The number of nitrogens with one attached hydrogen (secondary N) is 1. The number of carbonyl (C=O) groups excluding carboxylic acids is 2. The molecule has 2 aromatic rings. The van der Waals surface area contributed by atoms with Crippen molar-refractivity contribution in [3.63, 3.8) is 0 Å². The Morgan fingerprint density at radius 1 is 1.28 bits per heavy atom. The largest absolute Gasteiger partial charge is 0.354 e. The van der Waals surface area contributed by atoms with Crippen molar-refractivity contribution >= 4 is 11.8 Å². The number of hydrogen-bond acceptors (Lipinski definition) is 3. The standard InChI is InChI=1S/C19H24N4O2/c1-14(12-22-9-5-8-21-22)11-20-19(25)18-10-16-6-3-4-7-17(16)13-23(18)15(2)24/h3-9,14,18H,10-13H2,1-2H3,(H,20,25)/t14-,18+/m1/s1. The van der Waals surface area contributed by atoms with Gasteiger partial charge in [0.1, 0.15) is 6.04 Å². The van der Waals surface area contributed by atoms with Crippen LogP contribution in [-0.4, -0.2) is 39.1 Å². The first kappa shape index (κ1) is 17.2. The van der Waals surface area contributed by atoms with Gasteiger partial charge in [-0.25, -0.2) is 0 Å². The maximum absolute atomic E-state index is 12.7. The van der Waals surface area contributed by atoms with E-state index in [1.165, 1.54) is 6.92 Å². The molecule has 0 fully saturated rings. The molecule has 6 heteroatoms.